The minimum absolute atomic E-state index is 0.278. The molecule has 0 saturated heterocycles. The van der Waals surface area contributed by atoms with Crippen LogP contribution in [-0.2, 0) is 9.84 Å². The molecule has 2 aromatic carbocycles. The number of para-hydroxylation sites is 2. The van der Waals surface area contributed by atoms with Crippen LogP contribution in [0.25, 0.3) is 0 Å². The Labute approximate surface area is 113 Å². The molecule has 2 N–H and O–H groups in total. The summed E-state index contributed by atoms with van der Waals surface area (Å²) in [6.07, 6.45) is 0. The maximum Gasteiger partial charge on any atom is 0.210 e. The van der Waals surface area contributed by atoms with Crippen molar-refractivity contribution in [2.24, 2.45) is 0 Å². The van der Waals surface area contributed by atoms with Crippen molar-refractivity contribution >= 4 is 21.2 Å². The molecule has 0 spiro atoms. The lowest BCUT2D eigenvalue weighted by Crippen LogP contribution is -2.08. The quantitative estimate of drug-likeness (QED) is 0.901. The molecule has 2 rings (SSSR count). The Morgan fingerprint density at radius 1 is 0.737 bits per heavy atom. The van der Waals surface area contributed by atoms with Crippen molar-refractivity contribution in [3.63, 3.8) is 0 Å². The maximum absolute atomic E-state index is 12.7. The lowest BCUT2D eigenvalue weighted by atomic mass is 10.3. The van der Waals surface area contributed by atoms with Gasteiger partial charge in [-0.15, -0.1) is 0 Å². The molecular weight excluding hydrogens is 260 g/mol. The molecule has 0 aromatic heterocycles. The molecule has 4 nitrogen and oxygen atoms in total. The molecule has 5 heteroatoms. The molecule has 0 unspecified atom stereocenters. The second-order valence-electron chi connectivity index (χ2n) is 4.00. The zero-order chi connectivity index (χ0) is 13.9. The number of rotatable bonds is 4. The molecule has 0 aliphatic heterocycles. The van der Waals surface area contributed by atoms with Gasteiger partial charge in [0.25, 0.3) is 0 Å². The van der Waals surface area contributed by atoms with E-state index in [4.69, 9.17) is 0 Å². The van der Waals surface area contributed by atoms with Crippen molar-refractivity contribution in [1.82, 2.24) is 0 Å². The minimum atomic E-state index is -3.55. The van der Waals surface area contributed by atoms with E-state index in [1.54, 1.807) is 62.6 Å². The van der Waals surface area contributed by atoms with Gasteiger partial charge in [-0.05, 0) is 24.3 Å². The van der Waals surface area contributed by atoms with E-state index in [2.05, 4.69) is 10.6 Å². The summed E-state index contributed by atoms with van der Waals surface area (Å²) in [7, 11) is -0.136. The van der Waals surface area contributed by atoms with Gasteiger partial charge in [0, 0.05) is 14.1 Å². The van der Waals surface area contributed by atoms with Crippen molar-refractivity contribution in [3.8, 4) is 0 Å². The molecule has 0 amide bonds. The van der Waals surface area contributed by atoms with Crippen LogP contribution in [0.5, 0.6) is 0 Å². The summed E-state index contributed by atoms with van der Waals surface area (Å²) >= 11 is 0. The predicted octanol–water partition coefficient (Wildman–Crippen LogP) is 2.60. The third kappa shape index (κ3) is 2.42. The van der Waals surface area contributed by atoms with Crippen molar-refractivity contribution in [2.75, 3.05) is 24.7 Å². The Hall–Kier alpha value is -2.01. The predicted molar refractivity (Wildman–Crippen MR) is 77.4 cm³/mol. The van der Waals surface area contributed by atoms with Crippen molar-refractivity contribution in [3.05, 3.63) is 48.5 Å². The summed E-state index contributed by atoms with van der Waals surface area (Å²) < 4.78 is 25.4. The highest BCUT2D eigenvalue weighted by atomic mass is 32.2. The lowest BCUT2D eigenvalue weighted by Gasteiger charge is -2.13. The minimum Gasteiger partial charge on any atom is -0.387 e. The molecule has 0 aliphatic rings. The van der Waals surface area contributed by atoms with Crippen LogP contribution < -0.4 is 10.6 Å². The van der Waals surface area contributed by atoms with E-state index in [1.165, 1.54) is 0 Å². The van der Waals surface area contributed by atoms with E-state index in [-0.39, 0.29) is 9.79 Å². The van der Waals surface area contributed by atoms with Crippen LogP contribution in [-0.4, -0.2) is 22.5 Å². The third-order valence-electron chi connectivity index (χ3n) is 2.89. The molecule has 0 saturated carbocycles. The third-order valence-corrected chi connectivity index (χ3v) is 4.76. The largest absolute Gasteiger partial charge is 0.387 e. The molecule has 0 radical (unpaired) electrons. The fraction of sp³-hybridized carbons (Fsp3) is 0.143. The number of sulfone groups is 1. The molecular formula is C14H16N2O2S. The van der Waals surface area contributed by atoms with Crippen molar-refractivity contribution < 1.29 is 8.42 Å². The van der Waals surface area contributed by atoms with Gasteiger partial charge in [-0.3, -0.25) is 0 Å². The smallest absolute Gasteiger partial charge is 0.210 e. The van der Waals surface area contributed by atoms with Crippen LogP contribution in [0, 0.1) is 0 Å². The van der Waals surface area contributed by atoms with Crippen LogP contribution in [0.1, 0.15) is 0 Å². The summed E-state index contributed by atoms with van der Waals surface area (Å²) in [5.74, 6) is 0. The first kappa shape index (κ1) is 13.4. The number of anilines is 2. The van der Waals surface area contributed by atoms with Gasteiger partial charge in [-0.1, -0.05) is 24.3 Å². The average molecular weight is 276 g/mol. The van der Waals surface area contributed by atoms with Crippen LogP contribution in [0.2, 0.25) is 0 Å². The maximum atomic E-state index is 12.7. The van der Waals surface area contributed by atoms with E-state index >= 15 is 0 Å². The lowest BCUT2D eigenvalue weighted by molar-refractivity contribution is 0.596. The standard InChI is InChI=1S/C14H16N2O2S/c1-15-11-7-3-5-9-13(11)19(17,18)14-10-6-4-8-12(14)16-2/h3-10,15-16H,1-2H3. The number of hydrogen-bond donors (Lipinski definition) is 2. The number of nitrogens with one attached hydrogen (secondary N) is 2. The highest BCUT2D eigenvalue weighted by Gasteiger charge is 2.23. The number of benzene rings is 2. The summed E-state index contributed by atoms with van der Waals surface area (Å²) in [6.45, 7) is 0. The Kier molecular flexibility index (Phi) is 3.76. The average Bonchev–Trinajstić information content (AvgIpc) is 2.47. The Balaban J connectivity index is 2.66. The summed E-state index contributed by atoms with van der Waals surface area (Å²) in [4.78, 5) is 0.556. The van der Waals surface area contributed by atoms with Gasteiger partial charge in [0.05, 0.1) is 21.2 Å². The van der Waals surface area contributed by atoms with Crippen LogP contribution in [0.3, 0.4) is 0 Å². The van der Waals surface area contributed by atoms with E-state index in [0.717, 1.165) is 0 Å². The first-order valence-corrected chi connectivity index (χ1v) is 7.38. The topological polar surface area (TPSA) is 58.2 Å². The highest BCUT2D eigenvalue weighted by molar-refractivity contribution is 7.91. The molecule has 2 aromatic rings. The van der Waals surface area contributed by atoms with E-state index in [1.807, 2.05) is 0 Å². The molecule has 0 atom stereocenters. The first-order valence-electron chi connectivity index (χ1n) is 5.90. The molecule has 100 valence electrons. The van der Waals surface area contributed by atoms with Gasteiger partial charge >= 0.3 is 0 Å². The zero-order valence-corrected chi connectivity index (χ0v) is 11.7. The molecule has 19 heavy (non-hydrogen) atoms. The summed E-state index contributed by atoms with van der Waals surface area (Å²) in [6, 6.07) is 13.7. The Morgan fingerprint density at radius 2 is 1.11 bits per heavy atom. The van der Waals surface area contributed by atoms with E-state index in [0.29, 0.717) is 11.4 Å². The zero-order valence-electron chi connectivity index (χ0n) is 10.8. The van der Waals surface area contributed by atoms with E-state index in [9.17, 15) is 8.42 Å². The molecule has 0 fully saturated rings. The summed E-state index contributed by atoms with van der Waals surface area (Å²) in [5.41, 5.74) is 1.18. The Morgan fingerprint density at radius 3 is 1.47 bits per heavy atom. The van der Waals surface area contributed by atoms with Gasteiger partial charge in [-0.2, -0.15) is 0 Å². The second kappa shape index (κ2) is 5.32. The molecule has 0 bridgehead atoms. The normalized spacial score (nSPS) is 11.1. The summed E-state index contributed by atoms with van der Waals surface area (Å²) in [5, 5.41) is 5.82. The van der Waals surface area contributed by atoms with Gasteiger partial charge in [0.1, 0.15) is 0 Å². The number of hydrogen-bond acceptors (Lipinski definition) is 4. The fourth-order valence-electron chi connectivity index (χ4n) is 1.93. The highest BCUT2D eigenvalue weighted by Crippen LogP contribution is 2.31. The molecule has 0 aliphatic carbocycles. The van der Waals surface area contributed by atoms with Crippen LogP contribution in [0.4, 0.5) is 11.4 Å². The first-order chi connectivity index (χ1) is 9.11. The van der Waals surface area contributed by atoms with Crippen molar-refractivity contribution in [1.29, 1.82) is 0 Å². The van der Waals surface area contributed by atoms with Crippen molar-refractivity contribution in [2.45, 2.75) is 9.79 Å². The van der Waals surface area contributed by atoms with Gasteiger partial charge in [-0.25, -0.2) is 8.42 Å². The van der Waals surface area contributed by atoms with Crippen LogP contribution in [0.15, 0.2) is 58.3 Å². The van der Waals surface area contributed by atoms with E-state index < -0.39 is 9.84 Å². The van der Waals surface area contributed by atoms with Crippen LogP contribution >= 0.6 is 0 Å². The SMILES string of the molecule is CNc1ccccc1S(=O)(=O)c1ccccc1NC. The molecule has 0 heterocycles. The fourth-order valence-corrected chi connectivity index (χ4v) is 3.61. The Bertz CT molecular complexity index is 628. The van der Waals surface area contributed by atoms with Gasteiger partial charge in [0.2, 0.25) is 9.84 Å². The monoisotopic (exact) mass is 276 g/mol. The van der Waals surface area contributed by atoms with Gasteiger partial charge < -0.3 is 10.6 Å². The second-order valence-corrected chi connectivity index (χ2v) is 5.88. The van der Waals surface area contributed by atoms with Gasteiger partial charge in [0.15, 0.2) is 0 Å².